The van der Waals surface area contributed by atoms with E-state index in [1.165, 1.54) is 7.11 Å². The highest BCUT2D eigenvalue weighted by Gasteiger charge is 2.60. The molecule has 0 aromatic heterocycles. The van der Waals surface area contributed by atoms with E-state index < -0.39 is 11.5 Å². The fraction of sp³-hybridized carbons (Fsp3) is 0.391. The summed E-state index contributed by atoms with van der Waals surface area (Å²) in [7, 11) is 3.10. The molecule has 2 amide bonds. The molecule has 2 aliphatic heterocycles. The van der Waals surface area contributed by atoms with Crippen LogP contribution in [0.25, 0.3) is 0 Å². The Hall–Kier alpha value is -2.42. The Kier molecular flexibility index (Phi) is 6.55. The zero-order valence-corrected chi connectivity index (χ0v) is 19.7. The molecule has 0 radical (unpaired) electrons. The molecular weight excluding hydrogens is 450 g/mol. The van der Waals surface area contributed by atoms with Crippen molar-refractivity contribution in [2.24, 2.45) is 5.92 Å². The Bertz CT molecular complexity index is 1050. The van der Waals surface area contributed by atoms with Gasteiger partial charge in [0.05, 0.1) is 25.8 Å². The summed E-state index contributed by atoms with van der Waals surface area (Å²) in [5.41, 5.74) is 0.692. The minimum absolute atomic E-state index is 0.0149. The van der Waals surface area contributed by atoms with E-state index >= 15 is 0 Å². The minimum Gasteiger partial charge on any atom is -0.497 e. The molecule has 0 aliphatic carbocycles. The van der Waals surface area contributed by atoms with Crippen LogP contribution < -0.4 is 25.4 Å². The van der Waals surface area contributed by atoms with E-state index in [1.54, 1.807) is 55.3 Å². The number of halogens is 1. The lowest BCUT2D eigenvalue weighted by molar-refractivity contribution is -0.130. The Morgan fingerprint density at radius 2 is 2.06 bits per heavy atom. The summed E-state index contributed by atoms with van der Waals surface area (Å²) >= 11 is 8.02. The number of nitrogens with one attached hydrogen (secondary N) is 3. The first-order valence-corrected chi connectivity index (χ1v) is 12.1. The lowest BCUT2D eigenvalue weighted by atomic mass is 9.79. The van der Waals surface area contributed by atoms with E-state index in [0.29, 0.717) is 39.9 Å². The van der Waals surface area contributed by atoms with Crippen LogP contribution in [-0.2, 0) is 15.1 Å². The van der Waals surface area contributed by atoms with E-state index in [4.69, 9.17) is 21.1 Å². The van der Waals surface area contributed by atoms with Crippen molar-refractivity contribution < 1.29 is 19.1 Å². The Morgan fingerprint density at radius 3 is 2.78 bits per heavy atom. The SMILES string of the molecule is COc1ccc(OC)c(NC(=O)[C@H]2C[C@H](CCSC)N[C@]23C(=O)Nc2ccc(Cl)cc23)c1. The quantitative estimate of drug-likeness (QED) is 0.563. The number of carbonyl (C=O) groups excluding carboxylic acids is 2. The summed E-state index contributed by atoms with van der Waals surface area (Å²) in [6.07, 6.45) is 3.41. The molecule has 1 spiro atoms. The topological polar surface area (TPSA) is 88.7 Å². The molecule has 2 heterocycles. The third kappa shape index (κ3) is 3.91. The molecular formula is C23H26ClN3O4S. The largest absolute Gasteiger partial charge is 0.497 e. The maximum atomic E-state index is 13.6. The zero-order chi connectivity index (χ0) is 22.9. The normalized spacial score (nSPS) is 23.7. The zero-order valence-electron chi connectivity index (χ0n) is 18.2. The number of benzene rings is 2. The lowest BCUT2D eigenvalue weighted by Gasteiger charge is -2.29. The van der Waals surface area contributed by atoms with E-state index in [0.717, 1.165) is 12.2 Å². The van der Waals surface area contributed by atoms with Crippen LogP contribution in [-0.4, -0.2) is 44.1 Å². The number of ether oxygens (including phenoxy) is 2. The van der Waals surface area contributed by atoms with Crippen LogP contribution in [0.2, 0.25) is 5.02 Å². The van der Waals surface area contributed by atoms with Crippen molar-refractivity contribution >= 4 is 46.6 Å². The van der Waals surface area contributed by atoms with Crippen molar-refractivity contribution in [2.75, 3.05) is 36.9 Å². The molecule has 3 N–H and O–H groups in total. The molecule has 7 nitrogen and oxygen atoms in total. The van der Waals surface area contributed by atoms with Crippen molar-refractivity contribution in [3.05, 3.63) is 47.0 Å². The van der Waals surface area contributed by atoms with Gasteiger partial charge in [-0.1, -0.05) is 11.6 Å². The van der Waals surface area contributed by atoms with Crippen LogP contribution in [0.5, 0.6) is 11.5 Å². The monoisotopic (exact) mass is 475 g/mol. The summed E-state index contributed by atoms with van der Waals surface area (Å²) in [4.78, 5) is 27.0. The number of thioether (sulfide) groups is 1. The molecule has 2 aromatic rings. The maximum Gasteiger partial charge on any atom is 0.250 e. The molecule has 9 heteroatoms. The van der Waals surface area contributed by atoms with Gasteiger partial charge >= 0.3 is 0 Å². The highest BCUT2D eigenvalue weighted by molar-refractivity contribution is 7.98. The number of methoxy groups -OCH3 is 2. The summed E-state index contributed by atoms with van der Waals surface area (Å²) in [5.74, 6) is 0.893. The van der Waals surface area contributed by atoms with Crippen LogP contribution in [0.1, 0.15) is 18.4 Å². The molecule has 2 aliphatic rings. The Labute approximate surface area is 196 Å². The van der Waals surface area contributed by atoms with Crippen LogP contribution in [0.3, 0.4) is 0 Å². The second kappa shape index (κ2) is 9.21. The Morgan fingerprint density at radius 1 is 1.25 bits per heavy atom. The van der Waals surface area contributed by atoms with E-state index in [9.17, 15) is 9.59 Å². The Balaban J connectivity index is 1.72. The van der Waals surface area contributed by atoms with E-state index in [1.807, 2.05) is 6.26 Å². The van der Waals surface area contributed by atoms with E-state index in [2.05, 4.69) is 16.0 Å². The third-order valence-corrected chi connectivity index (χ3v) is 7.02. The second-order valence-electron chi connectivity index (χ2n) is 7.92. The number of fused-ring (bicyclic) bond motifs is 2. The number of amides is 2. The van der Waals surface area contributed by atoms with Crippen molar-refractivity contribution in [1.29, 1.82) is 0 Å². The summed E-state index contributed by atoms with van der Waals surface area (Å²) in [5, 5.41) is 9.92. The lowest BCUT2D eigenvalue weighted by Crippen LogP contribution is -2.52. The summed E-state index contributed by atoms with van der Waals surface area (Å²) in [6.45, 7) is 0. The fourth-order valence-corrected chi connectivity index (χ4v) is 5.30. The van der Waals surface area contributed by atoms with Gasteiger partial charge in [0.15, 0.2) is 0 Å². The fourth-order valence-electron chi connectivity index (χ4n) is 4.61. The molecule has 2 aromatic carbocycles. The molecule has 32 heavy (non-hydrogen) atoms. The van der Waals surface area contributed by atoms with Gasteiger partial charge in [-0.25, -0.2) is 0 Å². The van der Waals surface area contributed by atoms with E-state index in [-0.39, 0.29) is 17.9 Å². The average molecular weight is 476 g/mol. The molecule has 3 atom stereocenters. The highest BCUT2D eigenvalue weighted by Crippen LogP contribution is 2.48. The molecule has 0 bridgehead atoms. The van der Waals surface area contributed by atoms with Gasteiger partial charge in [-0.3, -0.25) is 14.9 Å². The number of hydrogen-bond acceptors (Lipinski definition) is 6. The molecule has 0 unspecified atom stereocenters. The number of rotatable bonds is 7. The predicted octanol–water partition coefficient (Wildman–Crippen LogP) is 3.87. The van der Waals surface area contributed by atoms with Crippen LogP contribution in [0.15, 0.2) is 36.4 Å². The highest BCUT2D eigenvalue weighted by atomic mass is 35.5. The van der Waals surface area contributed by atoms with Crippen molar-refractivity contribution in [2.45, 2.75) is 24.4 Å². The van der Waals surface area contributed by atoms with Crippen molar-refractivity contribution in [1.82, 2.24) is 5.32 Å². The van der Waals surface area contributed by atoms with Gasteiger partial charge in [-0.15, -0.1) is 0 Å². The number of anilines is 2. The first kappa shape index (κ1) is 22.8. The number of carbonyl (C=O) groups is 2. The average Bonchev–Trinajstić information content (AvgIpc) is 3.31. The third-order valence-electron chi connectivity index (χ3n) is 6.14. The summed E-state index contributed by atoms with van der Waals surface area (Å²) in [6, 6.07) is 10.5. The van der Waals surface area contributed by atoms with Gasteiger partial charge in [-0.05, 0) is 55.2 Å². The van der Waals surface area contributed by atoms with Crippen molar-refractivity contribution in [3.8, 4) is 11.5 Å². The standard InChI is InChI=1S/C23H26ClN3O4S/c1-30-15-5-7-20(31-2)19(12-15)25-21(28)17-11-14(8-9-32-3)27-23(17)16-10-13(24)4-6-18(16)26-22(23)29/h4-7,10,12,14,17,27H,8-9,11H2,1-3H3,(H,25,28)(H,26,29)/t14-,17+,23-/m0/s1. The van der Waals surface area contributed by atoms with Gasteiger partial charge in [0, 0.05) is 28.4 Å². The van der Waals surface area contributed by atoms with Gasteiger partial charge < -0.3 is 20.1 Å². The van der Waals surface area contributed by atoms with Crippen LogP contribution in [0.4, 0.5) is 11.4 Å². The first-order valence-electron chi connectivity index (χ1n) is 10.3. The van der Waals surface area contributed by atoms with Gasteiger partial charge in [0.2, 0.25) is 11.8 Å². The second-order valence-corrected chi connectivity index (χ2v) is 9.34. The molecule has 1 saturated heterocycles. The molecule has 0 saturated carbocycles. The predicted molar refractivity (Wildman–Crippen MR) is 128 cm³/mol. The smallest absolute Gasteiger partial charge is 0.250 e. The first-order chi connectivity index (χ1) is 15.4. The number of hydrogen-bond donors (Lipinski definition) is 3. The summed E-state index contributed by atoms with van der Waals surface area (Å²) < 4.78 is 10.7. The van der Waals surface area contributed by atoms with Crippen LogP contribution >= 0.6 is 23.4 Å². The van der Waals surface area contributed by atoms with Gasteiger partial charge in [0.25, 0.3) is 0 Å². The molecule has 170 valence electrons. The van der Waals surface area contributed by atoms with Gasteiger partial charge in [-0.2, -0.15) is 11.8 Å². The molecule has 1 fully saturated rings. The maximum absolute atomic E-state index is 13.6. The minimum atomic E-state index is -1.18. The van der Waals surface area contributed by atoms with Crippen molar-refractivity contribution in [3.63, 3.8) is 0 Å². The van der Waals surface area contributed by atoms with Crippen LogP contribution in [0, 0.1) is 5.92 Å². The molecule has 4 rings (SSSR count). The van der Waals surface area contributed by atoms with Gasteiger partial charge in [0.1, 0.15) is 17.0 Å².